The quantitative estimate of drug-likeness (QED) is 0.364. The summed E-state index contributed by atoms with van der Waals surface area (Å²) in [5.41, 5.74) is 1.60. The van der Waals surface area contributed by atoms with Crippen LogP contribution in [0.1, 0.15) is 44.1 Å². The van der Waals surface area contributed by atoms with Crippen LogP contribution in [-0.2, 0) is 11.3 Å². The Morgan fingerprint density at radius 3 is 2.36 bits per heavy atom. The number of piperidine rings is 1. The first kappa shape index (κ1) is 26.4. The molecule has 6 rings (SSSR count). The summed E-state index contributed by atoms with van der Waals surface area (Å²) in [6.45, 7) is 1.39. The van der Waals surface area contributed by atoms with Crippen LogP contribution in [0, 0.1) is 5.82 Å². The second kappa shape index (κ2) is 11.0. The normalized spacial score (nSPS) is 24.7. The minimum Gasteiger partial charge on any atom is -0.335 e. The maximum absolute atomic E-state index is 13.6. The van der Waals surface area contributed by atoms with Gasteiger partial charge < -0.3 is 15.5 Å². The summed E-state index contributed by atoms with van der Waals surface area (Å²) >= 11 is 12.5. The van der Waals surface area contributed by atoms with Crippen LogP contribution < -0.4 is 10.6 Å². The molecule has 0 spiro atoms. The van der Waals surface area contributed by atoms with Crippen LogP contribution in [0.4, 0.5) is 14.9 Å². The van der Waals surface area contributed by atoms with E-state index in [1.54, 1.807) is 29.2 Å². The second-order valence-electron chi connectivity index (χ2n) is 10.9. The molecule has 3 amide bonds. The Bertz CT molecular complexity index is 1380. The lowest BCUT2D eigenvalue weighted by atomic mass is 9.96. The van der Waals surface area contributed by atoms with Crippen molar-refractivity contribution in [1.29, 1.82) is 0 Å². The number of para-hydroxylation sites is 1. The van der Waals surface area contributed by atoms with Gasteiger partial charge in [0.15, 0.2) is 0 Å². The van der Waals surface area contributed by atoms with E-state index < -0.39 is 6.04 Å². The van der Waals surface area contributed by atoms with E-state index in [-0.39, 0.29) is 23.8 Å². The number of nitrogens with one attached hydrogen (secondary N) is 2. The Balaban J connectivity index is 1.07. The number of urea groups is 1. The molecule has 204 valence electrons. The third kappa shape index (κ3) is 5.45. The molecule has 2 N–H and O–H groups in total. The standard InChI is InChI=1S/C30H31Cl2FN4O2/c31-25-3-1-4-26(32)28(25)35-29(38)27-5-2-12-36(27)30(39)34-22-15-23-10-11-24(16-22)37(23)17-18-6-7-20-14-21(33)9-8-19(20)13-18/h1,3-4,6-9,13-14,22-24,27H,2,5,10-12,15-17H2,(H,34,39)(H,35,38)/t22?,23?,24?,27-/m0/s1. The fourth-order valence-electron chi connectivity index (χ4n) is 6.59. The largest absolute Gasteiger partial charge is 0.335 e. The lowest BCUT2D eigenvalue weighted by molar-refractivity contribution is -0.119. The van der Waals surface area contributed by atoms with Gasteiger partial charge in [-0.15, -0.1) is 0 Å². The van der Waals surface area contributed by atoms with Crippen molar-refractivity contribution in [2.24, 2.45) is 0 Å². The summed E-state index contributed by atoms with van der Waals surface area (Å²) in [5, 5.41) is 8.75. The fourth-order valence-corrected chi connectivity index (χ4v) is 7.08. The first-order valence-electron chi connectivity index (χ1n) is 13.6. The number of nitrogens with zero attached hydrogens (tertiary/aromatic N) is 2. The molecule has 0 saturated carbocycles. The van der Waals surface area contributed by atoms with Crippen LogP contribution in [0.25, 0.3) is 10.8 Å². The fraction of sp³-hybridized carbons (Fsp3) is 0.400. The van der Waals surface area contributed by atoms with E-state index in [2.05, 4.69) is 27.7 Å². The zero-order valence-electron chi connectivity index (χ0n) is 21.5. The maximum atomic E-state index is 13.6. The Labute approximate surface area is 237 Å². The molecule has 2 unspecified atom stereocenters. The molecule has 3 aliphatic rings. The van der Waals surface area contributed by atoms with Crippen LogP contribution in [0.2, 0.25) is 10.0 Å². The van der Waals surface area contributed by atoms with Gasteiger partial charge in [0.1, 0.15) is 11.9 Å². The van der Waals surface area contributed by atoms with Gasteiger partial charge in [-0.05, 0) is 85.2 Å². The van der Waals surface area contributed by atoms with Gasteiger partial charge in [-0.2, -0.15) is 0 Å². The number of carbonyl (C=O) groups is 2. The van der Waals surface area contributed by atoms with Gasteiger partial charge in [-0.3, -0.25) is 9.69 Å². The molecular formula is C30H31Cl2FN4O2. The molecule has 6 nitrogen and oxygen atoms in total. The topological polar surface area (TPSA) is 64.7 Å². The number of carbonyl (C=O) groups excluding carboxylic acids is 2. The van der Waals surface area contributed by atoms with Crippen LogP contribution in [-0.4, -0.2) is 52.5 Å². The Morgan fingerprint density at radius 2 is 1.62 bits per heavy atom. The molecular weight excluding hydrogens is 538 g/mol. The average molecular weight is 570 g/mol. The molecule has 9 heteroatoms. The molecule has 3 saturated heterocycles. The van der Waals surface area contributed by atoms with Gasteiger partial charge >= 0.3 is 6.03 Å². The van der Waals surface area contributed by atoms with Crippen molar-refractivity contribution in [2.45, 2.75) is 69.2 Å². The molecule has 0 aliphatic carbocycles. The van der Waals surface area contributed by atoms with Gasteiger partial charge in [0.2, 0.25) is 5.91 Å². The summed E-state index contributed by atoms with van der Waals surface area (Å²) in [6, 6.07) is 16.3. The van der Waals surface area contributed by atoms with Gasteiger partial charge in [0, 0.05) is 31.2 Å². The first-order chi connectivity index (χ1) is 18.9. The van der Waals surface area contributed by atoms with Crippen molar-refractivity contribution in [3.05, 3.63) is 76.0 Å². The number of fused-ring (bicyclic) bond motifs is 3. The molecule has 0 aromatic heterocycles. The van der Waals surface area contributed by atoms with Crippen molar-refractivity contribution in [1.82, 2.24) is 15.1 Å². The van der Waals surface area contributed by atoms with Gasteiger partial charge in [-0.25, -0.2) is 9.18 Å². The van der Waals surface area contributed by atoms with E-state index in [1.165, 1.54) is 11.6 Å². The highest BCUT2D eigenvalue weighted by molar-refractivity contribution is 6.39. The Morgan fingerprint density at radius 1 is 0.923 bits per heavy atom. The minimum atomic E-state index is -0.560. The highest BCUT2D eigenvalue weighted by Crippen LogP contribution is 2.37. The number of anilines is 1. The van der Waals surface area contributed by atoms with Crippen LogP contribution in [0.3, 0.4) is 0 Å². The van der Waals surface area contributed by atoms with E-state index in [0.29, 0.717) is 40.8 Å². The number of hydrogen-bond donors (Lipinski definition) is 2. The molecule has 2 bridgehead atoms. The zero-order chi connectivity index (χ0) is 27.1. The predicted octanol–water partition coefficient (Wildman–Crippen LogP) is 6.59. The summed E-state index contributed by atoms with van der Waals surface area (Å²) < 4.78 is 13.6. The highest BCUT2D eigenvalue weighted by Gasteiger charge is 2.42. The van der Waals surface area contributed by atoms with Gasteiger partial charge in [0.25, 0.3) is 0 Å². The van der Waals surface area contributed by atoms with Crippen LogP contribution >= 0.6 is 23.2 Å². The van der Waals surface area contributed by atoms with Crippen molar-refractivity contribution in [3.63, 3.8) is 0 Å². The smallest absolute Gasteiger partial charge is 0.318 e. The number of rotatable bonds is 5. The van der Waals surface area contributed by atoms with E-state index in [4.69, 9.17) is 23.2 Å². The molecule has 0 radical (unpaired) electrons. The third-order valence-corrected chi connectivity index (χ3v) is 9.10. The van der Waals surface area contributed by atoms with Crippen molar-refractivity contribution < 1.29 is 14.0 Å². The molecule has 3 aliphatic heterocycles. The van der Waals surface area contributed by atoms with E-state index in [1.807, 2.05) is 12.1 Å². The van der Waals surface area contributed by atoms with Gasteiger partial charge in [-0.1, -0.05) is 47.5 Å². The third-order valence-electron chi connectivity index (χ3n) is 8.47. The van der Waals surface area contributed by atoms with Crippen molar-refractivity contribution >= 4 is 51.6 Å². The van der Waals surface area contributed by atoms with E-state index >= 15 is 0 Å². The number of halogens is 3. The Hall–Kier alpha value is -2.87. The number of amides is 3. The SMILES string of the molecule is O=C(Nc1c(Cl)cccc1Cl)[C@@H]1CCCN1C(=O)NC1CC2CCC(C1)N2Cc1ccc2cc(F)ccc2c1. The second-order valence-corrected chi connectivity index (χ2v) is 11.8. The van der Waals surface area contributed by atoms with E-state index in [9.17, 15) is 14.0 Å². The summed E-state index contributed by atoms with van der Waals surface area (Å²) in [4.78, 5) is 30.6. The van der Waals surface area contributed by atoms with Crippen LogP contribution in [0.15, 0.2) is 54.6 Å². The molecule has 3 atom stereocenters. The minimum absolute atomic E-state index is 0.0770. The Kier molecular flexibility index (Phi) is 7.40. The average Bonchev–Trinajstić information content (AvgIpc) is 3.49. The number of likely N-dealkylation sites (tertiary alicyclic amines) is 1. The summed E-state index contributed by atoms with van der Waals surface area (Å²) in [5.74, 6) is -0.492. The monoisotopic (exact) mass is 568 g/mol. The lowest BCUT2D eigenvalue weighted by Crippen LogP contribution is -2.54. The van der Waals surface area contributed by atoms with Crippen molar-refractivity contribution in [3.8, 4) is 0 Å². The van der Waals surface area contributed by atoms with E-state index in [0.717, 1.165) is 49.4 Å². The molecule has 3 aromatic rings. The first-order valence-corrected chi connectivity index (χ1v) is 14.4. The predicted molar refractivity (Wildman–Crippen MR) is 153 cm³/mol. The summed E-state index contributed by atoms with van der Waals surface area (Å²) in [7, 11) is 0. The molecule has 3 heterocycles. The molecule has 3 fully saturated rings. The molecule has 3 aromatic carbocycles. The van der Waals surface area contributed by atoms with Crippen molar-refractivity contribution in [2.75, 3.05) is 11.9 Å². The zero-order valence-corrected chi connectivity index (χ0v) is 23.0. The maximum Gasteiger partial charge on any atom is 0.318 e. The summed E-state index contributed by atoms with van der Waals surface area (Å²) in [6.07, 6.45) is 5.38. The molecule has 39 heavy (non-hydrogen) atoms. The van der Waals surface area contributed by atoms with Gasteiger partial charge in [0.05, 0.1) is 15.7 Å². The number of benzene rings is 3. The van der Waals surface area contributed by atoms with Crippen LogP contribution in [0.5, 0.6) is 0 Å². The highest BCUT2D eigenvalue weighted by atomic mass is 35.5. The number of hydrogen-bond acceptors (Lipinski definition) is 3. The lowest BCUT2D eigenvalue weighted by Gasteiger charge is -2.40.